The lowest BCUT2D eigenvalue weighted by atomic mass is 10.1. The largest absolute Gasteiger partial charge is 0.497 e. The Morgan fingerprint density at radius 2 is 2.13 bits per heavy atom. The second-order valence-corrected chi connectivity index (χ2v) is 7.05. The predicted molar refractivity (Wildman–Crippen MR) is 107 cm³/mol. The van der Waals surface area contributed by atoms with Gasteiger partial charge in [-0.15, -0.1) is 0 Å². The molecule has 4 rings (SSSR count). The molecule has 0 radical (unpaired) electrons. The molecule has 8 heteroatoms. The Labute approximate surface area is 174 Å². The van der Waals surface area contributed by atoms with Gasteiger partial charge in [0.15, 0.2) is 11.5 Å². The van der Waals surface area contributed by atoms with Crippen LogP contribution in [0.1, 0.15) is 29.1 Å². The van der Waals surface area contributed by atoms with E-state index in [9.17, 15) is 4.79 Å². The van der Waals surface area contributed by atoms with Gasteiger partial charge in [0.2, 0.25) is 0 Å². The zero-order valence-corrected chi connectivity index (χ0v) is 17.0. The molecular weight excluding hydrogens is 388 g/mol. The highest BCUT2D eigenvalue weighted by Crippen LogP contribution is 2.34. The van der Waals surface area contributed by atoms with Gasteiger partial charge in [0.05, 0.1) is 38.7 Å². The van der Waals surface area contributed by atoms with E-state index in [2.05, 4.69) is 5.16 Å². The number of aromatic nitrogens is 1. The van der Waals surface area contributed by atoms with Gasteiger partial charge in [-0.2, -0.15) is 0 Å². The first-order chi connectivity index (χ1) is 14.7. The molecule has 0 spiro atoms. The number of furan rings is 1. The third-order valence-electron chi connectivity index (χ3n) is 5.05. The van der Waals surface area contributed by atoms with Crippen molar-refractivity contribution in [2.24, 2.45) is 0 Å². The Bertz CT molecular complexity index is 975. The van der Waals surface area contributed by atoms with Gasteiger partial charge in [0, 0.05) is 19.2 Å². The highest BCUT2D eigenvalue weighted by molar-refractivity contribution is 5.91. The normalized spacial score (nSPS) is 15.9. The Morgan fingerprint density at radius 3 is 2.83 bits per heavy atom. The molecule has 1 aliphatic rings. The summed E-state index contributed by atoms with van der Waals surface area (Å²) in [5.74, 6) is 1.92. The number of methoxy groups -OCH3 is 2. The van der Waals surface area contributed by atoms with E-state index in [-0.39, 0.29) is 24.3 Å². The fraction of sp³-hybridized carbons (Fsp3) is 0.364. The predicted octanol–water partition coefficient (Wildman–Crippen LogP) is 3.77. The van der Waals surface area contributed by atoms with Crippen LogP contribution in [-0.4, -0.2) is 49.4 Å². The summed E-state index contributed by atoms with van der Waals surface area (Å²) in [6.07, 6.45) is 3.42. The number of rotatable bonds is 8. The van der Waals surface area contributed by atoms with Crippen molar-refractivity contribution >= 4 is 5.91 Å². The molecule has 0 N–H and O–H groups in total. The van der Waals surface area contributed by atoms with Crippen LogP contribution in [0.25, 0.3) is 11.3 Å². The lowest BCUT2D eigenvalue weighted by molar-refractivity contribution is 0.0479. The number of hydrogen-bond donors (Lipinski definition) is 0. The number of carbonyl (C=O) groups is 1. The molecule has 0 bridgehead atoms. The number of benzene rings is 1. The minimum absolute atomic E-state index is 0.00811. The van der Waals surface area contributed by atoms with Crippen LogP contribution < -0.4 is 9.47 Å². The van der Waals surface area contributed by atoms with Crippen molar-refractivity contribution < 1.29 is 27.9 Å². The molecule has 158 valence electrons. The van der Waals surface area contributed by atoms with Gasteiger partial charge in [-0.3, -0.25) is 4.79 Å². The molecular formula is C22H24N2O6. The van der Waals surface area contributed by atoms with E-state index in [0.29, 0.717) is 29.5 Å². The molecule has 1 aromatic carbocycles. The lowest BCUT2D eigenvalue weighted by Gasteiger charge is -2.23. The van der Waals surface area contributed by atoms with Gasteiger partial charge in [0.1, 0.15) is 17.2 Å². The number of amides is 1. The first-order valence-electron chi connectivity index (χ1n) is 9.80. The zero-order valence-electron chi connectivity index (χ0n) is 17.0. The van der Waals surface area contributed by atoms with Gasteiger partial charge in [0.25, 0.3) is 5.91 Å². The molecule has 1 fully saturated rings. The third kappa shape index (κ3) is 4.33. The first-order valence-corrected chi connectivity index (χ1v) is 9.80. The fourth-order valence-corrected chi connectivity index (χ4v) is 3.52. The van der Waals surface area contributed by atoms with Crippen LogP contribution in [0.3, 0.4) is 0 Å². The second kappa shape index (κ2) is 9.04. The van der Waals surface area contributed by atoms with E-state index in [1.54, 1.807) is 43.4 Å². The van der Waals surface area contributed by atoms with Crippen molar-refractivity contribution in [1.29, 1.82) is 0 Å². The van der Waals surface area contributed by atoms with Crippen LogP contribution in [0.5, 0.6) is 11.5 Å². The Kier molecular flexibility index (Phi) is 6.04. The molecule has 1 aliphatic heterocycles. The second-order valence-electron chi connectivity index (χ2n) is 7.05. The van der Waals surface area contributed by atoms with Gasteiger partial charge in [-0.05, 0) is 43.2 Å². The third-order valence-corrected chi connectivity index (χ3v) is 5.05. The van der Waals surface area contributed by atoms with Crippen molar-refractivity contribution in [1.82, 2.24) is 10.1 Å². The molecule has 3 heterocycles. The summed E-state index contributed by atoms with van der Waals surface area (Å²) in [6, 6.07) is 10.6. The molecule has 8 nitrogen and oxygen atoms in total. The van der Waals surface area contributed by atoms with Crippen molar-refractivity contribution in [2.75, 3.05) is 27.4 Å². The monoisotopic (exact) mass is 412 g/mol. The summed E-state index contributed by atoms with van der Waals surface area (Å²) in [7, 11) is 3.19. The fourth-order valence-electron chi connectivity index (χ4n) is 3.52. The van der Waals surface area contributed by atoms with Gasteiger partial charge < -0.3 is 28.1 Å². The van der Waals surface area contributed by atoms with E-state index >= 15 is 0 Å². The quantitative estimate of drug-likeness (QED) is 0.556. The van der Waals surface area contributed by atoms with Gasteiger partial charge in [-0.1, -0.05) is 5.16 Å². The highest BCUT2D eigenvalue weighted by Gasteiger charge is 2.26. The van der Waals surface area contributed by atoms with E-state index in [1.807, 2.05) is 12.1 Å². The van der Waals surface area contributed by atoms with Crippen LogP contribution in [0.4, 0.5) is 0 Å². The topological polar surface area (TPSA) is 87.2 Å². The van der Waals surface area contributed by atoms with Crippen molar-refractivity contribution in [3.63, 3.8) is 0 Å². The molecule has 0 aliphatic carbocycles. The Morgan fingerprint density at radius 1 is 1.23 bits per heavy atom. The minimum Gasteiger partial charge on any atom is -0.497 e. The van der Waals surface area contributed by atoms with Gasteiger partial charge >= 0.3 is 0 Å². The van der Waals surface area contributed by atoms with Gasteiger partial charge in [-0.25, -0.2) is 0 Å². The maximum absolute atomic E-state index is 12.9. The number of carbonyl (C=O) groups excluding carboxylic acids is 1. The highest BCUT2D eigenvalue weighted by atomic mass is 16.5. The standard InChI is InChI=1S/C22H24N2O6/c1-26-16-7-8-19(27-2)18(12-16)21-11-15(23-30-21)13-24(14-17-5-3-9-28-17)22(25)20-6-4-10-29-20/h4,6-8,10-12,17H,3,5,9,13-14H2,1-2H3/t17-/m0/s1. The first kappa shape index (κ1) is 20.0. The molecule has 30 heavy (non-hydrogen) atoms. The smallest absolute Gasteiger partial charge is 0.289 e. The van der Waals surface area contributed by atoms with E-state index in [1.165, 1.54) is 6.26 Å². The summed E-state index contributed by atoms with van der Waals surface area (Å²) in [5, 5.41) is 4.16. The number of nitrogens with zero attached hydrogens (tertiary/aromatic N) is 2. The van der Waals surface area contributed by atoms with Crippen LogP contribution in [0.2, 0.25) is 0 Å². The molecule has 1 saturated heterocycles. The zero-order chi connectivity index (χ0) is 20.9. The van der Waals surface area contributed by atoms with Crippen molar-refractivity contribution in [2.45, 2.75) is 25.5 Å². The molecule has 3 aromatic rings. The maximum Gasteiger partial charge on any atom is 0.289 e. The molecule has 2 aromatic heterocycles. The number of hydrogen-bond acceptors (Lipinski definition) is 7. The average Bonchev–Trinajstić information content (AvgIpc) is 3.55. The van der Waals surface area contributed by atoms with E-state index in [0.717, 1.165) is 25.0 Å². The van der Waals surface area contributed by atoms with Crippen LogP contribution in [0, 0.1) is 0 Å². The maximum atomic E-state index is 12.9. The summed E-state index contributed by atoms with van der Waals surface area (Å²) in [4.78, 5) is 14.6. The van der Waals surface area contributed by atoms with Crippen molar-refractivity contribution in [3.05, 3.63) is 54.1 Å². The Hall–Kier alpha value is -3.26. The van der Waals surface area contributed by atoms with E-state index in [4.69, 9.17) is 23.2 Å². The summed E-state index contributed by atoms with van der Waals surface area (Å²) >= 11 is 0. The molecule has 0 saturated carbocycles. The molecule has 1 atom stereocenters. The average molecular weight is 412 g/mol. The SMILES string of the molecule is COc1ccc(OC)c(-c2cc(CN(C[C@@H]3CCCO3)C(=O)c3ccco3)no2)c1. The van der Waals surface area contributed by atoms with Crippen LogP contribution in [-0.2, 0) is 11.3 Å². The van der Waals surface area contributed by atoms with Crippen LogP contribution >= 0.6 is 0 Å². The Balaban J connectivity index is 1.57. The van der Waals surface area contributed by atoms with Crippen molar-refractivity contribution in [3.8, 4) is 22.8 Å². The summed E-state index contributed by atoms with van der Waals surface area (Å²) < 4.78 is 27.3. The van der Waals surface area contributed by atoms with Crippen LogP contribution in [0.15, 0.2) is 51.6 Å². The summed E-state index contributed by atoms with van der Waals surface area (Å²) in [6.45, 7) is 1.45. The summed E-state index contributed by atoms with van der Waals surface area (Å²) in [5.41, 5.74) is 1.34. The van der Waals surface area contributed by atoms with E-state index < -0.39 is 0 Å². The molecule has 1 amide bonds. The molecule has 0 unspecified atom stereocenters. The minimum atomic E-state index is -0.209. The lowest BCUT2D eigenvalue weighted by Crippen LogP contribution is -2.36. The number of ether oxygens (including phenoxy) is 3.